The third kappa shape index (κ3) is 3.49. The fourth-order valence-corrected chi connectivity index (χ4v) is 3.53. The number of benzene rings is 2. The maximum absolute atomic E-state index is 12.5. The Morgan fingerprint density at radius 1 is 1.20 bits per heavy atom. The first-order valence-electron chi connectivity index (χ1n) is 6.79. The molecule has 1 heterocycles. The van der Waals surface area contributed by atoms with E-state index in [2.05, 4.69) is 10.1 Å². The molecule has 0 radical (unpaired) electrons. The highest BCUT2D eigenvalue weighted by Gasteiger charge is 2.25. The molecule has 3 rings (SSSR count). The van der Waals surface area contributed by atoms with Gasteiger partial charge in [0.25, 0.3) is 11.2 Å². The van der Waals surface area contributed by atoms with Gasteiger partial charge in [0.05, 0.1) is 10.7 Å². The van der Waals surface area contributed by atoms with E-state index in [-0.39, 0.29) is 32.2 Å². The standard InChI is InChI=1S/C14H9ClN4O5S/c15-10-4-5-12-13(7-10)18(20)17-14(16-12)25(23,24)8-9-2-1-3-11(6-9)19(21)22/h1-7H,8H2. The Labute approximate surface area is 146 Å². The van der Waals surface area contributed by atoms with Crippen LogP contribution in [0.25, 0.3) is 11.0 Å². The highest BCUT2D eigenvalue weighted by molar-refractivity contribution is 7.90. The van der Waals surface area contributed by atoms with E-state index in [0.717, 1.165) is 6.07 Å². The number of fused-ring (bicyclic) bond motifs is 1. The maximum atomic E-state index is 12.5. The minimum atomic E-state index is -4.08. The zero-order chi connectivity index (χ0) is 18.2. The fourth-order valence-electron chi connectivity index (χ4n) is 2.18. The van der Waals surface area contributed by atoms with E-state index in [1.54, 1.807) is 0 Å². The van der Waals surface area contributed by atoms with Crippen LogP contribution in [0.3, 0.4) is 0 Å². The Morgan fingerprint density at radius 3 is 2.68 bits per heavy atom. The zero-order valence-electron chi connectivity index (χ0n) is 12.4. The molecule has 0 unspecified atom stereocenters. The summed E-state index contributed by atoms with van der Waals surface area (Å²) in [5, 5.41) is 25.8. The van der Waals surface area contributed by atoms with Gasteiger partial charge in [-0.3, -0.25) is 10.1 Å². The summed E-state index contributed by atoms with van der Waals surface area (Å²) in [5.74, 6) is -0.576. The number of nitrogens with zero attached hydrogens (tertiary/aromatic N) is 4. The molecular formula is C14H9ClN4O5S. The fraction of sp³-hybridized carbons (Fsp3) is 0.0714. The van der Waals surface area contributed by atoms with Crippen LogP contribution < -0.4 is 4.85 Å². The lowest BCUT2D eigenvalue weighted by molar-refractivity contribution is -0.647. The first-order valence-corrected chi connectivity index (χ1v) is 8.82. The van der Waals surface area contributed by atoms with Gasteiger partial charge in [0.2, 0.25) is 9.84 Å². The van der Waals surface area contributed by atoms with Crippen molar-refractivity contribution in [3.63, 3.8) is 0 Å². The van der Waals surface area contributed by atoms with Crippen LogP contribution in [0, 0.1) is 15.3 Å². The largest absolute Gasteiger partial charge is 0.594 e. The topological polar surface area (TPSA) is 130 Å². The maximum Gasteiger partial charge on any atom is 0.314 e. The van der Waals surface area contributed by atoms with E-state index in [4.69, 9.17) is 11.6 Å². The van der Waals surface area contributed by atoms with Gasteiger partial charge in [-0.15, -0.1) is 0 Å². The molecular weight excluding hydrogens is 372 g/mol. The predicted octanol–water partition coefficient (Wildman–Crippen LogP) is 1.80. The number of nitro benzene ring substituents is 1. The van der Waals surface area contributed by atoms with Crippen molar-refractivity contribution in [3.8, 4) is 0 Å². The van der Waals surface area contributed by atoms with Crippen LogP contribution in [0.1, 0.15) is 5.56 Å². The van der Waals surface area contributed by atoms with Crippen molar-refractivity contribution in [3.05, 3.63) is 68.4 Å². The van der Waals surface area contributed by atoms with Crippen molar-refractivity contribution in [2.45, 2.75) is 10.9 Å². The normalized spacial score (nSPS) is 11.6. The average molecular weight is 381 g/mol. The molecule has 0 aliphatic heterocycles. The van der Waals surface area contributed by atoms with Crippen molar-refractivity contribution >= 4 is 38.2 Å². The first kappa shape index (κ1) is 17.0. The lowest BCUT2D eigenvalue weighted by atomic mass is 10.2. The molecule has 0 aliphatic carbocycles. The second-order valence-corrected chi connectivity index (χ2v) is 7.41. The molecule has 3 aromatic rings. The summed E-state index contributed by atoms with van der Waals surface area (Å²) in [7, 11) is -4.08. The molecule has 128 valence electrons. The van der Waals surface area contributed by atoms with Gasteiger partial charge < -0.3 is 5.21 Å². The summed E-state index contributed by atoms with van der Waals surface area (Å²) in [6.45, 7) is 0. The summed E-state index contributed by atoms with van der Waals surface area (Å²) in [6, 6.07) is 9.38. The highest BCUT2D eigenvalue weighted by atomic mass is 35.5. The summed E-state index contributed by atoms with van der Waals surface area (Å²) in [4.78, 5) is 14.2. The molecule has 0 fully saturated rings. The summed E-state index contributed by atoms with van der Waals surface area (Å²) >= 11 is 5.79. The van der Waals surface area contributed by atoms with E-state index in [1.165, 1.54) is 36.4 Å². The first-order chi connectivity index (χ1) is 11.8. The molecule has 11 heteroatoms. The Balaban J connectivity index is 2.03. The number of sulfone groups is 1. The molecule has 0 aliphatic rings. The lowest BCUT2D eigenvalue weighted by Gasteiger charge is -2.05. The number of non-ortho nitro benzene ring substituents is 1. The molecule has 0 atom stereocenters. The van der Waals surface area contributed by atoms with Gasteiger partial charge in [-0.2, -0.15) is 0 Å². The number of hydrogen-bond acceptors (Lipinski definition) is 7. The average Bonchev–Trinajstić information content (AvgIpc) is 2.55. The molecule has 0 saturated heterocycles. The second kappa shape index (κ2) is 6.22. The molecule has 25 heavy (non-hydrogen) atoms. The molecule has 2 aromatic carbocycles. The van der Waals surface area contributed by atoms with Crippen molar-refractivity contribution in [2.75, 3.05) is 0 Å². The van der Waals surface area contributed by atoms with Crippen molar-refractivity contribution in [2.24, 2.45) is 0 Å². The quantitative estimate of drug-likeness (QED) is 0.292. The van der Waals surface area contributed by atoms with Crippen molar-refractivity contribution in [1.82, 2.24) is 10.1 Å². The minimum Gasteiger partial charge on any atom is -0.594 e. The molecule has 0 amide bonds. The number of halogens is 1. The molecule has 0 N–H and O–H groups in total. The van der Waals surface area contributed by atoms with E-state index < -0.39 is 25.7 Å². The lowest BCUT2D eigenvalue weighted by Crippen LogP contribution is -2.35. The van der Waals surface area contributed by atoms with Crippen LogP contribution in [-0.2, 0) is 15.6 Å². The predicted molar refractivity (Wildman–Crippen MR) is 87.5 cm³/mol. The van der Waals surface area contributed by atoms with Crippen molar-refractivity contribution < 1.29 is 18.2 Å². The van der Waals surface area contributed by atoms with Crippen LogP contribution in [0.5, 0.6) is 0 Å². The third-order valence-electron chi connectivity index (χ3n) is 3.29. The Morgan fingerprint density at radius 2 is 1.96 bits per heavy atom. The summed E-state index contributed by atoms with van der Waals surface area (Å²) in [6.07, 6.45) is 0. The van der Waals surface area contributed by atoms with Crippen LogP contribution in [0.4, 0.5) is 5.69 Å². The van der Waals surface area contributed by atoms with Gasteiger partial charge in [-0.1, -0.05) is 23.7 Å². The number of rotatable bonds is 4. The Bertz CT molecular complexity index is 1100. The van der Waals surface area contributed by atoms with Gasteiger partial charge in [0.15, 0.2) is 0 Å². The zero-order valence-corrected chi connectivity index (χ0v) is 13.9. The van der Waals surface area contributed by atoms with Gasteiger partial charge in [-0.05, 0) is 22.5 Å². The van der Waals surface area contributed by atoms with Gasteiger partial charge in [0.1, 0.15) is 5.52 Å². The Hall–Kier alpha value is -2.85. The van der Waals surface area contributed by atoms with Crippen LogP contribution in [0.15, 0.2) is 47.6 Å². The van der Waals surface area contributed by atoms with Crippen LogP contribution in [-0.4, -0.2) is 23.4 Å². The highest BCUT2D eigenvalue weighted by Crippen LogP contribution is 2.19. The van der Waals surface area contributed by atoms with E-state index >= 15 is 0 Å². The molecule has 0 saturated carbocycles. The Kier molecular flexibility index (Phi) is 4.23. The third-order valence-corrected chi connectivity index (χ3v) is 4.97. The molecule has 0 spiro atoms. The SMILES string of the molecule is O=[N+]([O-])c1cccc(CS(=O)(=O)c2nc3ccc(Cl)cc3[n+]([O-])n2)c1. The van der Waals surface area contributed by atoms with Crippen LogP contribution in [0.2, 0.25) is 5.02 Å². The van der Waals surface area contributed by atoms with E-state index in [0.29, 0.717) is 0 Å². The van der Waals surface area contributed by atoms with Gasteiger partial charge in [-0.25, -0.2) is 13.4 Å². The monoisotopic (exact) mass is 380 g/mol. The number of hydrogen-bond donors (Lipinski definition) is 0. The molecule has 0 bridgehead atoms. The minimum absolute atomic E-state index is 0.0294. The van der Waals surface area contributed by atoms with Crippen molar-refractivity contribution in [1.29, 1.82) is 0 Å². The second-order valence-electron chi connectivity index (χ2n) is 5.09. The van der Waals surface area contributed by atoms with E-state index in [1.807, 2.05) is 0 Å². The summed E-state index contributed by atoms with van der Waals surface area (Å²) < 4.78 is 24.9. The number of nitro groups is 1. The smallest absolute Gasteiger partial charge is 0.314 e. The van der Waals surface area contributed by atoms with Gasteiger partial charge >= 0.3 is 5.16 Å². The molecule has 9 nitrogen and oxygen atoms in total. The van der Waals surface area contributed by atoms with E-state index in [9.17, 15) is 23.7 Å². The molecule has 1 aromatic heterocycles. The van der Waals surface area contributed by atoms with Gasteiger partial charge in [0, 0.05) is 28.3 Å². The van der Waals surface area contributed by atoms with Crippen LogP contribution >= 0.6 is 11.6 Å². The summed E-state index contributed by atoms with van der Waals surface area (Å²) in [5.41, 5.74) is 0.0981. The number of aromatic nitrogens is 3.